The number of nitrogens with zero attached hydrogens (tertiary/aromatic N) is 7. The Kier molecular flexibility index (Phi) is 17.6. The summed E-state index contributed by atoms with van der Waals surface area (Å²) in [4.78, 5) is 57.8. The van der Waals surface area contributed by atoms with Crippen molar-refractivity contribution >= 4 is 40.5 Å². The molecule has 3 amide bonds. The monoisotopic (exact) mass is 996 g/mol. The van der Waals surface area contributed by atoms with Gasteiger partial charge in [0.1, 0.15) is 17.9 Å². The van der Waals surface area contributed by atoms with Crippen LogP contribution in [0.2, 0.25) is 0 Å². The fourth-order valence-electron chi connectivity index (χ4n) is 10.2. The summed E-state index contributed by atoms with van der Waals surface area (Å²) < 4.78 is 2.02. The van der Waals surface area contributed by atoms with Gasteiger partial charge in [-0.15, -0.1) is 11.3 Å². The number of β-amino-alcohol motifs (C(OH)–C–C–N with tert-alkyl or cyclic N) is 2. The van der Waals surface area contributed by atoms with Gasteiger partial charge in [-0.05, 0) is 60.8 Å². The molecule has 0 aliphatic carbocycles. The molecule has 0 radical (unpaired) electrons. The van der Waals surface area contributed by atoms with Gasteiger partial charge >= 0.3 is 0 Å². The third kappa shape index (κ3) is 13.0. The summed E-state index contributed by atoms with van der Waals surface area (Å²) in [6.45, 7) is 14.4. The number of aromatic nitrogens is 4. The van der Waals surface area contributed by atoms with E-state index in [0.29, 0.717) is 19.5 Å². The molecular formula is C57H73N9O5S. The molecule has 5 heterocycles. The van der Waals surface area contributed by atoms with Gasteiger partial charge in [-0.25, -0.2) is 9.97 Å². The quantitative estimate of drug-likeness (QED) is 0.0515. The molecule has 2 aliphatic heterocycles. The average molecular weight is 996 g/mol. The number of benzene rings is 3. The Bertz CT molecular complexity index is 2760. The minimum atomic E-state index is -0.843. The number of rotatable bonds is 21. The van der Waals surface area contributed by atoms with Gasteiger partial charge in [-0.3, -0.25) is 19.3 Å². The number of thiazole rings is 1. The van der Waals surface area contributed by atoms with Crippen LogP contribution < -0.4 is 15.5 Å². The number of aryl methyl sites for hydroxylation is 3. The van der Waals surface area contributed by atoms with E-state index in [0.717, 1.165) is 139 Å². The predicted molar refractivity (Wildman–Crippen MR) is 287 cm³/mol. The standard InChI is InChI=1S/C57H73N9O5S/c1-39-51(54-60-47(43-19-13-11-14-20-43)35-50(66(54)62-39)64-29-27-63(28-30-64)31-32-67)45-21-16-18-41(33-45)17-12-9-7-6-8-10-15-22-49(69)61-53(57(3,4)5)56(71)65-37-46(68)34-48(65)55(70)58-36-42-23-25-44(26-24-42)52-40(2)59-38-72-52/h11,13-14,16,18-21,23-26,33,35,38,46,48,53,67-68H,6-10,12,15,17,22,27-32,34,36-37H2,1-5H3,(H,58,70)(H,61,69)/t46-,48+,53-/m1/s1. The number of likely N-dealkylation sites (tertiary alicyclic amines) is 1. The molecule has 2 fully saturated rings. The van der Waals surface area contributed by atoms with Crippen LogP contribution in [0.15, 0.2) is 90.4 Å². The van der Waals surface area contributed by atoms with Gasteiger partial charge in [-0.2, -0.15) is 9.61 Å². The Balaban J connectivity index is 0.782. The second kappa shape index (κ2) is 24.1. The number of carbonyl (C=O) groups is 3. The van der Waals surface area contributed by atoms with E-state index in [1.165, 1.54) is 10.5 Å². The highest BCUT2D eigenvalue weighted by molar-refractivity contribution is 7.13. The molecule has 6 aromatic rings. The van der Waals surface area contributed by atoms with Gasteiger partial charge < -0.3 is 30.6 Å². The van der Waals surface area contributed by atoms with Crippen molar-refractivity contribution in [1.82, 2.24) is 40.0 Å². The Hall–Kier alpha value is -6.00. The third-order valence-corrected chi connectivity index (χ3v) is 15.2. The number of hydrogen-bond acceptors (Lipinski definition) is 11. The molecule has 0 spiro atoms. The number of aliphatic hydroxyl groups excluding tert-OH is 2. The van der Waals surface area contributed by atoms with Crippen LogP contribution in [-0.4, -0.2) is 121 Å². The Labute approximate surface area is 428 Å². The second-order valence-electron chi connectivity index (χ2n) is 20.7. The molecule has 14 nitrogen and oxygen atoms in total. The lowest BCUT2D eigenvalue weighted by atomic mass is 9.85. The minimum Gasteiger partial charge on any atom is -0.395 e. The van der Waals surface area contributed by atoms with Gasteiger partial charge in [0.15, 0.2) is 5.65 Å². The molecule has 382 valence electrons. The van der Waals surface area contributed by atoms with Crippen LogP contribution in [-0.2, 0) is 27.3 Å². The number of unbranched alkanes of at least 4 members (excludes halogenated alkanes) is 6. The Morgan fingerprint density at radius 1 is 0.806 bits per heavy atom. The zero-order chi connectivity index (χ0) is 50.8. The number of hydrogen-bond donors (Lipinski definition) is 4. The first-order valence-corrected chi connectivity index (χ1v) is 26.8. The summed E-state index contributed by atoms with van der Waals surface area (Å²) in [5.74, 6) is 0.186. The number of piperazine rings is 1. The first-order valence-electron chi connectivity index (χ1n) is 26.0. The molecule has 0 unspecified atom stereocenters. The Morgan fingerprint density at radius 2 is 1.51 bits per heavy atom. The number of aliphatic hydroxyl groups is 2. The second-order valence-corrected chi connectivity index (χ2v) is 21.6. The minimum absolute atomic E-state index is 0.0407. The van der Waals surface area contributed by atoms with Gasteiger partial charge in [0.2, 0.25) is 17.7 Å². The zero-order valence-electron chi connectivity index (χ0n) is 42.8. The maximum atomic E-state index is 14.1. The summed E-state index contributed by atoms with van der Waals surface area (Å²) >= 11 is 1.59. The smallest absolute Gasteiger partial charge is 0.246 e. The number of nitrogens with one attached hydrogen (secondary N) is 2. The summed E-state index contributed by atoms with van der Waals surface area (Å²) in [5.41, 5.74) is 11.5. The fourth-order valence-corrected chi connectivity index (χ4v) is 11.0. The molecule has 8 rings (SSSR count). The van der Waals surface area contributed by atoms with Crippen LogP contribution in [0, 0.1) is 19.3 Å². The normalized spacial score (nSPS) is 16.9. The molecule has 3 aromatic heterocycles. The molecule has 2 aliphatic rings. The average Bonchev–Trinajstić information content (AvgIpc) is 4.09. The highest BCUT2D eigenvalue weighted by Gasteiger charge is 2.44. The zero-order valence-corrected chi connectivity index (χ0v) is 43.6. The van der Waals surface area contributed by atoms with E-state index in [2.05, 4.69) is 86.9 Å². The SMILES string of the molecule is Cc1ncsc1-c1ccc(CNC(=O)[C@@H]2C[C@@H](O)CN2C(=O)[C@@H](NC(=O)CCCCCCCCCc2cccc(-c3c(C)nn4c(N5CCN(CCO)CC5)cc(-c5ccccc5)nc34)c2)C(C)(C)C)cc1. The molecule has 3 atom stereocenters. The van der Waals surface area contributed by atoms with E-state index in [1.54, 1.807) is 11.3 Å². The van der Waals surface area contributed by atoms with Crippen molar-refractivity contribution in [2.24, 2.45) is 5.41 Å². The summed E-state index contributed by atoms with van der Waals surface area (Å²) in [5, 5.41) is 31.2. The lowest BCUT2D eigenvalue weighted by molar-refractivity contribution is -0.144. The molecule has 0 saturated carbocycles. The van der Waals surface area contributed by atoms with Gasteiger partial charge in [-0.1, -0.05) is 132 Å². The molecule has 15 heteroatoms. The fraction of sp³-hybridized carbons (Fsp3) is 0.474. The van der Waals surface area contributed by atoms with Gasteiger partial charge in [0.25, 0.3) is 0 Å². The maximum Gasteiger partial charge on any atom is 0.246 e. The number of anilines is 1. The van der Waals surface area contributed by atoms with E-state index in [1.807, 2.05) is 68.1 Å². The van der Waals surface area contributed by atoms with E-state index < -0.39 is 23.6 Å². The largest absolute Gasteiger partial charge is 0.395 e. The maximum absolute atomic E-state index is 14.1. The summed E-state index contributed by atoms with van der Waals surface area (Å²) in [6.07, 6.45) is 7.75. The predicted octanol–water partition coefficient (Wildman–Crippen LogP) is 8.39. The van der Waals surface area contributed by atoms with Crippen molar-refractivity contribution in [3.05, 3.63) is 113 Å². The number of carbonyl (C=O) groups excluding carboxylic acids is 3. The first kappa shape index (κ1) is 52.3. The highest BCUT2D eigenvalue weighted by Crippen LogP contribution is 2.34. The van der Waals surface area contributed by atoms with Crippen LogP contribution >= 0.6 is 11.3 Å². The molecule has 72 heavy (non-hydrogen) atoms. The van der Waals surface area contributed by atoms with E-state index >= 15 is 0 Å². The van der Waals surface area contributed by atoms with Crippen LogP contribution in [0.5, 0.6) is 0 Å². The van der Waals surface area contributed by atoms with Crippen LogP contribution in [0.1, 0.15) is 101 Å². The van der Waals surface area contributed by atoms with Crippen molar-refractivity contribution < 1.29 is 24.6 Å². The van der Waals surface area contributed by atoms with Crippen LogP contribution in [0.4, 0.5) is 5.82 Å². The first-order chi connectivity index (χ1) is 34.8. The molecule has 0 bridgehead atoms. The third-order valence-electron chi connectivity index (χ3n) is 14.2. The topological polar surface area (TPSA) is 169 Å². The lowest BCUT2D eigenvalue weighted by Crippen LogP contribution is -2.57. The lowest BCUT2D eigenvalue weighted by Gasteiger charge is -2.35. The van der Waals surface area contributed by atoms with Crippen molar-refractivity contribution in [3.8, 4) is 32.8 Å². The Morgan fingerprint density at radius 3 is 2.21 bits per heavy atom. The molecular weight excluding hydrogens is 923 g/mol. The van der Waals surface area contributed by atoms with Crippen molar-refractivity contribution in [2.75, 3.05) is 50.8 Å². The van der Waals surface area contributed by atoms with Crippen molar-refractivity contribution in [3.63, 3.8) is 0 Å². The van der Waals surface area contributed by atoms with Crippen LogP contribution in [0.25, 0.3) is 38.5 Å². The number of fused-ring (bicyclic) bond motifs is 1. The van der Waals surface area contributed by atoms with Crippen molar-refractivity contribution in [2.45, 2.75) is 124 Å². The highest BCUT2D eigenvalue weighted by atomic mass is 32.1. The van der Waals surface area contributed by atoms with E-state index in [4.69, 9.17) is 10.1 Å². The summed E-state index contributed by atoms with van der Waals surface area (Å²) in [6, 6.07) is 27.6. The molecule has 4 N–H and O–H groups in total. The van der Waals surface area contributed by atoms with Gasteiger partial charge in [0, 0.05) is 75.8 Å². The van der Waals surface area contributed by atoms with Crippen molar-refractivity contribution in [1.29, 1.82) is 0 Å². The molecule has 2 saturated heterocycles. The van der Waals surface area contributed by atoms with Gasteiger partial charge in [0.05, 0.1) is 40.2 Å². The van der Waals surface area contributed by atoms with E-state index in [-0.39, 0.29) is 37.3 Å². The summed E-state index contributed by atoms with van der Waals surface area (Å²) in [7, 11) is 0. The van der Waals surface area contributed by atoms with E-state index in [9.17, 15) is 24.6 Å². The number of amides is 3. The molecule has 3 aromatic carbocycles. The van der Waals surface area contributed by atoms with Crippen LogP contribution in [0.3, 0.4) is 0 Å².